The molecule has 3 aromatic rings. The van der Waals surface area contributed by atoms with Gasteiger partial charge in [-0.3, -0.25) is 4.79 Å². The van der Waals surface area contributed by atoms with Gasteiger partial charge in [0.25, 0.3) is 0 Å². The normalized spacial score (nSPS) is 18.3. The molecule has 0 amide bonds. The van der Waals surface area contributed by atoms with Crippen molar-refractivity contribution in [3.63, 3.8) is 0 Å². The molecule has 1 fully saturated rings. The van der Waals surface area contributed by atoms with Crippen LogP contribution in [0, 0.1) is 23.4 Å². The monoisotopic (exact) mass is 368 g/mol. The summed E-state index contributed by atoms with van der Waals surface area (Å²) in [5, 5.41) is 9.00. The second kappa shape index (κ2) is 6.58. The molecule has 2 unspecified atom stereocenters. The number of rotatable bonds is 4. The minimum atomic E-state index is -0.872. The van der Waals surface area contributed by atoms with E-state index in [4.69, 9.17) is 5.11 Å². The lowest BCUT2D eigenvalue weighted by Crippen LogP contribution is -1.99. The molecular weight excluding hydrogens is 353 g/mol. The van der Waals surface area contributed by atoms with Crippen LogP contribution in [0.1, 0.15) is 17.9 Å². The number of aliphatic carboxylic acids is 1. The van der Waals surface area contributed by atoms with E-state index >= 15 is 0 Å². The molecule has 2 nitrogen and oxygen atoms in total. The summed E-state index contributed by atoms with van der Waals surface area (Å²) in [7, 11) is 0. The van der Waals surface area contributed by atoms with Gasteiger partial charge in [0.1, 0.15) is 17.5 Å². The van der Waals surface area contributed by atoms with Crippen molar-refractivity contribution >= 4 is 5.97 Å². The van der Waals surface area contributed by atoms with E-state index < -0.39 is 29.3 Å². The van der Waals surface area contributed by atoms with Crippen molar-refractivity contribution in [3.8, 4) is 22.3 Å². The highest BCUT2D eigenvalue weighted by Crippen LogP contribution is 2.48. The van der Waals surface area contributed by atoms with Crippen LogP contribution in [0.4, 0.5) is 13.2 Å². The zero-order valence-corrected chi connectivity index (χ0v) is 14.1. The number of carbonyl (C=O) groups is 1. The molecule has 136 valence electrons. The maximum atomic E-state index is 14.5. The van der Waals surface area contributed by atoms with Gasteiger partial charge in [0, 0.05) is 11.1 Å². The number of hydrogen-bond acceptors (Lipinski definition) is 1. The fraction of sp³-hybridized carbons (Fsp3) is 0.136. The summed E-state index contributed by atoms with van der Waals surface area (Å²) in [5.74, 6) is -2.94. The van der Waals surface area contributed by atoms with Crippen LogP contribution in [0.25, 0.3) is 22.3 Å². The van der Waals surface area contributed by atoms with Crippen LogP contribution in [-0.4, -0.2) is 11.1 Å². The van der Waals surface area contributed by atoms with Crippen molar-refractivity contribution < 1.29 is 23.1 Å². The van der Waals surface area contributed by atoms with E-state index in [1.54, 1.807) is 18.2 Å². The third-order valence-corrected chi connectivity index (χ3v) is 4.96. The topological polar surface area (TPSA) is 37.3 Å². The molecule has 4 rings (SSSR count). The SMILES string of the molecule is O=C(O)C1CC1c1ccc(-c2ccc(-c3ccc(F)cc3)c(F)c2)c(F)c1. The van der Waals surface area contributed by atoms with Crippen LogP contribution in [0.2, 0.25) is 0 Å². The molecule has 3 aromatic carbocycles. The lowest BCUT2D eigenvalue weighted by atomic mass is 9.97. The highest BCUT2D eigenvalue weighted by molar-refractivity contribution is 5.76. The second-order valence-electron chi connectivity index (χ2n) is 6.73. The fourth-order valence-corrected chi connectivity index (χ4v) is 3.38. The molecule has 0 heterocycles. The Morgan fingerprint density at radius 1 is 0.815 bits per heavy atom. The summed E-state index contributed by atoms with van der Waals surface area (Å²) >= 11 is 0. The van der Waals surface area contributed by atoms with Gasteiger partial charge in [-0.1, -0.05) is 36.4 Å². The minimum absolute atomic E-state index is 0.163. The summed E-state index contributed by atoms with van der Waals surface area (Å²) < 4.78 is 42.1. The Hall–Kier alpha value is -3.08. The molecular formula is C22H15F3O2. The predicted octanol–water partition coefficient (Wildman–Crippen LogP) is 5.63. The summed E-state index contributed by atoms with van der Waals surface area (Å²) in [5.41, 5.74) is 2.11. The molecule has 1 N–H and O–H groups in total. The van der Waals surface area contributed by atoms with E-state index in [0.717, 1.165) is 0 Å². The largest absolute Gasteiger partial charge is 0.481 e. The molecule has 27 heavy (non-hydrogen) atoms. The molecule has 0 saturated heterocycles. The van der Waals surface area contributed by atoms with E-state index in [1.165, 1.54) is 42.5 Å². The lowest BCUT2D eigenvalue weighted by molar-refractivity contribution is -0.138. The van der Waals surface area contributed by atoms with Gasteiger partial charge in [-0.25, -0.2) is 13.2 Å². The average molecular weight is 368 g/mol. The van der Waals surface area contributed by atoms with Gasteiger partial charge < -0.3 is 5.11 Å². The first kappa shape index (κ1) is 17.3. The first-order valence-corrected chi connectivity index (χ1v) is 8.52. The molecule has 0 spiro atoms. The summed E-state index contributed by atoms with van der Waals surface area (Å²) in [6, 6.07) is 14.4. The van der Waals surface area contributed by atoms with Crippen LogP contribution >= 0.6 is 0 Å². The van der Waals surface area contributed by atoms with E-state index in [2.05, 4.69) is 0 Å². The van der Waals surface area contributed by atoms with Gasteiger partial charge in [-0.2, -0.15) is 0 Å². The minimum Gasteiger partial charge on any atom is -0.481 e. The predicted molar refractivity (Wildman–Crippen MR) is 95.7 cm³/mol. The van der Waals surface area contributed by atoms with Gasteiger partial charge in [0.05, 0.1) is 5.92 Å². The van der Waals surface area contributed by atoms with Crippen molar-refractivity contribution in [2.75, 3.05) is 0 Å². The van der Waals surface area contributed by atoms with Crippen LogP contribution in [0.3, 0.4) is 0 Å². The maximum Gasteiger partial charge on any atom is 0.307 e. The third kappa shape index (κ3) is 3.33. The zero-order chi connectivity index (χ0) is 19.1. The molecule has 0 aliphatic heterocycles. The summed E-state index contributed by atoms with van der Waals surface area (Å²) in [6.45, 7) is 0. The van der Waals surface area contributed by atoms with Crippen molar-refractivity contribution in [3.05, 3.63) is 83.7 Å². The smallest absolute Gasteiger partial charge is 0.307 e. The Labute approximate surface area is 153 Å². The van der Waals surface area contributed by atoms with Gasteiger partial charge >= 0.3 is 5.97 Å². The second-order valence-corrected chi connectivity index (χ2v) is 6.73. The van der Waals surface area contributed by atoms with Crippen LogP contribution in [0.5, 0.6) is 0 Å². The van der Waals surface area contributed by atoms with Gasteiger partial charge in [-0.05, 0) is 53.3 Å². The molecule has 1 aliphatic rings. The highest BCUT2D eigenvalue weighted by atomic mass is 19.1. The number of carboxylic acid groups (broad SMARTS) is 1. The van der Waals surface area contributed by atoms with Crippen molar-refractivity contribution in [1.82, 2.24) is 0 Å². The van der Waals surface area contributed by atoms with Crippen LogP contribution in [-0.2, 0) is 4.79 Å². The van der Waals surface area contributed by atoms with Crippen molar-refractivity contribution in [2.24, 2.45) is 5.92 Å². The molecule has 2 atom stereocenters. The van der Waals surface area contributed by atoms with Crippen molar-refractivity contribution in [2.45, 2.75) is 12.3 Å². The van der Waals surface area contributed by atoms with E-state index in [9.17, 15) is 18.0 Å². The summed E-state index contributed by atoms with van der Waals surface area (Å²) in [4.78, 5) is 11.0. The molecule has 1 aliphatic carbocycles. The summed E-state index contributed by atoms with van der Waals surface area (Å²) in [6.07, 6.45) is 0.509. The molecule has 0 bridgehead atoms. The Morgan fingerprint density at radius 2 is 1.41 bits per heavy atom. The molecule has 0 radical (unpaired) electrons. The van der Waals surface area contributed by atoms with Crippen LogP contribution in [0.15, 0.2) is 60.7 Å². The molecule has 1 saturated carbocycles. The average Bonchev–Trinajstić information content (AvgIpc) is 3.44. The van der Waals surface area contributed by atoms with Crippen LogP contribution < -0.4 is 0 Å². The number of hydrogen-bond donors (Lipinski definition) is 1. The number of carboxylic acids is 1. The third-order valence-electron chi connectivity index (χ3n) is 4.96. The quantitative estimate of drug-likeness (QED) is 0.648. The standard InChI is InChI=1S/C22H15F3O2/c23-15-5-1-12(2-6-15)16-7-3-13(9-20(16)24)17-8-4-14(10-21(17)25)18-11-19(18)22(26)27/h1-10,18-19H,11H2,(H,26,27). The molecule has 0 aromatic heterocycles. The zero-order valence-electron chi connectivity index (χ0n) is 14.1. The Morgan fingerprint density at radius 3 is 2.00 bits per heavy atom. The lowest BCUT2D eigenvalue weighted by Gasteiger charge is -2.09. The first-order valence-electron chi connectivity index (χ1n) is 8.52. The fourth-order valence-electron chi connectivity index (χ4n) is 3.38. The van der Waals surface area contributed by atoms with Crippen molar-refractivity contribution in [1.29, 1.82) is 0 Å². The Kier molecular flexibility index (Phi) is 4.22. The Bertz CT molecular complexity index is 1030. The Balaban J connectivity index is 1.63. The molecule has 5 heteroatoms. The van der Waals surface area contributed by atoms with E-state index in [-0.39, 0.29) is 11.5 Å². The highest BCUT2D eigenvalue weighted by Gasteiger charge is 2.44. The number of halogens is 3. The van der Waals surface area contributed by atoms with E-state index in [0.29, 0.717) is 28.7 Å². The first-order chi connectivity index (χ1) is 12.9. The number of benzene rings is 3. The van der Waals surface area contributed by atoms with E-state index in [1.807, 2.05) is 0 Å². The van der Waals surface area contributed by atoms with Gasteiger partial charge in [0.2, 0.25) is 0 Å². The van der Waals surface area contributed by atoms with Gasteiger partial charge in [-0.15, -0.1) is 0 Å². The maximum absolute atomic E-state index is 14.5. The van der Waals surface area contributed by atoms with Gasteiger partial charge in [0.15, 0.2) is 0 Å².